The first-order valence-electron chi connectivity index (χ1n) is 12.3. The fourth-order valence-electron chi connectivity index (χ4n) is 4.06. The van der Waals surface area contributed by atoms with Crippen molar-refractivity contribution < 1.29 is 18.7 Å². The summed E-state index contributed by atoms with van der Waals surface area (Å²) >= 11 is 11.8. The van der Waals surface area contributed by atoms with Gasteiger partial charge in [-0.3, -0.25) is 14.9 Å². The first kappa shape index (κ1) is 27.3. The number of nitrogens with zero attached hydrogens (tertiary/aromatic N) is 2. The van der Waals surface area contributed by atoms with Gasteiger partial charge in [0.2, 0.25) is 0 Å². The summed E-state index contributed by atoms with van der Waals surface area (Å²) in [7, 11) is 0. The molecule has 10 heteroatoms. The number of carbonyl (C=O) groups excluding carboxylic acids is 2. The van der Waals surface area contributed by atoms with Crippen molar-refractivity contribution in [3.8, 4) is 5.75 Å². The van der Waals surface area contributed by atoms with Crippen molar-refractivity contribution in [1.82, 2.24) is 10.2 Å². The quantitative estimate of drug-likeness (QED) is 0.383. The van der Waals surface area contributed by atoms with E-state index in [1.54, 1.807) is 18.2 Å². The summed E-state index contributed by atoms with van der Waals surface area (Å²) in [5.41, 5.74) is 2.24. The van der Waals surface area contributed by atoms with Crippen LogP contribution in [0.4, 0.5) is 15.8 Å². The first-order chi connectivity index (χ1) is 18.3. The van der Waals surface area contributed by atoms with Crippen LogP contribution in [-0.2, 0) is 0 Å². The molecule has 3 aromatic carbocycles. The van der Waals surface area contributed by atoms with Crippen LogP contribution in [0.2, 0.25) is 5.02 Å². The van der Waals surface area contributed by atoms with Crippen molar-refractivity contribution in [2.45, 2.75) is 13.3 Å². The highest BCUT2D eigenvalue weighted by atomic mass is 35.5. The van der Waals surface area contributed by atoms with Gasteiger partial charge in [0.15, 0.2) is 5.11 Å². The van der Waals surface area contributed by atoms with Gasteiger partial charge >= 0.3 is 0 Å². The van der Waals surface area contributed by atoms with E-state index in [1.807, 2.05) is 36.1 Å². The molecule has 0 unspecified atom stereocenters. The SMILES string of the molecule is CCCOc1ccc(C(=O)N2CCN(c3ccc(NC(=S)NC(=O)c4cccc(F)c4)cc3Cl)CC2)cc1. The third kappa shape index (κ3) is 6.99. The standard InChI is InChI=1S/C28H28ClFN4O3S/c1-2-16-37-23-9-6-19(7-10-23)27(36)34-14-12-33(13-15-34)25-11-8-22(18-24(25)29)31-28(38)32-26(35)20-4-3-5-21(30)17-20/h3-11,17-18H,2,12-16H2,1H3,(H2,31,32,35,38). The molecule has 3 aromatic rings. The maximum Gasteiger partial charge on any atom is 0.257 e. The molecule has 1 fully saturated rings. The summed E-state index contributed by atoms with van der Waals surface area (Å²) in [6.07, 6.45) is 0.928. The zero-order chi connectivity index (χ0) is 27.1. The van der Waals surface area contributed by atoms with E-state index in [0.717, 1.165) is 23.9 Å². The van der Waals surface area contributed by atoms with Gasteiger partial charge < -0.3 is 19.9 Å². The van der Waals surface area contributed by atoms with Crippen molar-refractivity contribution >= 4 is 52.1 Å². The van der Waals surface area contributed by atoms with Crippen molar-refractivity contribution in [1.29, 1.82) is 0 Å². The number of amides is 2. The third-order valence-corrected chi connectivity index (χ3v) is 6.51. The molecule has 0 aliphatic carbocycles. The minimum Gasteiger partial charge on any atom is -0.494 e. The van der Waals surface area contributed by atoms with Gasteiger partial charge in [-0.2, -0.15) is 0 Å². The van der Waals surface area contributed by atoms with E-state index in [4.69, 9.17) is 28.6 Å². The van der Waals surface area contributed by atoms with Gasteiger partial charge in [0.05, 0.1) is 17.3 Å². The van der Waals surface area contributed by atoms with Gasteiger partial charge in [-0.15, -0.1) is 0 Å². The molecule has 2 N–H and O–H groups in total. The summed E-state index contributed by atoms with van der Waals surface area (Å²) in [5.74, 6) is -0.268. The van der Waals surface area contributed by atoms with Crippen LogP contribution in [0.3, 0.4) is 0 Å². The van der Waals surface area contributed by atoms with Gasteiger partial charge in [-0.25, -0.2) is 4.39 Å². The molecule has 0 aromatic heterocycles. The average molecular weight is 555 g/mol. The zero-order valence-electron chi connectivity index (χ0n) is 20.9. The number of carbonyl (C=O) groups is 2. The first-order valence-corrected chi connectivity index (χ1v) is 13.1. The van der Waals surface area contributed by atoms with Gasteiger partial charge in [-0.1, -0.05) is 24.6 Å². The molecule has 1 saturated heterocycles. The highest BCUT2D eigenvalue weighted by Crippen LogP contribution is 2.30. The number of hydrogen-bond donors (Lipinski definition) is 2. The minimum atomic E-state index is -0.516. The number of rotatable bonds is 7. The van der Waals surface area contributed by atoms with Crippen molar-refractivity contribution in [2.24, 2.45) is 0 Å². The van der Waals surface area contributed by atoms with E-state index in [-0.39, 0.29) is 16.6 Å². The monoisotopic (exact) mass is 554 g/mol. The van der Waals surface area contributed by atoms with Crippen LogP contribution in [0.5, 0.6) is 5.75 Å². The molecular formula is C28H28ClFN4O3S. The summed E-state index contributed by atoms with van der Waals surface area (Å²) in [6, 6.07) is 18.0. The number of benzene rings is 3. The molecule has 2 amide bonds. The maximum absolute atomic E-state index is 13.4. The number of hydrogen-bond acceptors (Lipinski definition) is 5. The average Bonchev–Trinajstić information content (AvgIpc) is 2.92. The minimum absolute atomic E-state index is 0.00821. The third-order valence-electron chi connectivity index (χ3n) is 6.00. The second-order valence-electron chi connectivity index (χ2n) is 8.74. The Morgan fingerprint density at radius 1 is 1.00 bits per heavy atom. The van der Waals surface area contributed by atoms with E-state index in [0.29, 0.717) is 49.1 Å². The van der Waals surface area contributed by atoms with Crippen LogP contribution in [0.1, 0.15) is 34.1 Å². The van der Waals surface area contributed by atoms with Gasteiger partial charge in [0.1, 0.15) is 11.6 Å². The normalized spacial score (nSPS) is 13.1. The van der Waals surface area contributed by atoms with Crippen LogP contribution in [0, 0.1) is 5.82 Å². The lowest BCUT2D eigenvalue weighted by Gasteiger charge is -2.36. The highest BCUT2D eigenvalue weighted by molar-refractivity contribution is 7.80. The Bertz CT molecular complexity index is 1310. The Hall–Kier alpha value is -3.69. The second-order valence-corrected chi connectivity index (χ2v) is 9.55. The number of thiocarbonyl (C=S) groups is 1. The number of piperazine rings is 1. The van der Waals surface area contributed by atoms with E-state index in [2.05, 4.69) is 15.5 Å². The predicted octanol–water partition coefficient (Wildman–Crippen LogP) is 5.36. The Kier molecular flexibility index (Phi) is 9.15. The smallest absolute Gasteiger partial charge is 0.257 e. The molecule has 4 rings (SSSR count). The fourth-order valence-corrected chi connectivity index (χ4v) is 4.57. The Morgan fingerprint density at radius 2 is 1.74 bits per heavy atom. The molecule has 1 heterocycles. The largest absolute Gasteiger partial charge is 0.494 e. The van der Waals surface area contributed by atoms with Gasteiger partial charge in [-0.05, 0) is 79.3 Å². The van der Waals surface area contributed by atoms with Gasteiger partial charge in [0, 0.05) is 43.0 Å². The topological polar surface area (TPSA) is 73.9 Å². The second kappa shape index (κ2) is 12.7. The Morgan fingerprint density at radius 3 is 2.39 bits per heavy atom. The molecule has 198 valence electrons. The number of ether oxygens (including phenoxy) is 1. The number of anilines is 2. The molecule has 0 saturated carbocycles. The van der Waals surface area contributed by atoms with Crippen molar-refractivity contribution in [2.75, 3.05) is 43.0 Å². The van der Waals surface area contributed by atoms with E-state index < -0.39 is 11.7 Å². The Labute approximate surface area is 231 Å². The van der Waals surface area contributed by atoms with Crippen LogP contribution in [0.15, 0.2) is 66.7 Å². The van der Waals surface area contributed by atoms with Crippen LogP contribution >= 0.6 is 23.8 Å². The molecule has 7 nitrogen and oxygen atoms in total. The molecule has 0 radical (unpaired) electrons. The lowest BCUT2D eigenvalue weighted by molar-refractivity contribution is 0.0746. The fraction of sp³-hybridized carbons (Fsp3) is 0.250. The molecule has 0 spiro atoms. The van der Waals surface area contributed by atoms with Crippen LogP contribution < -0.4 is 20.3 Å². The number of halogens is 2. The summed E-state index contributed by atoms with van der Waals surface area (Å²) in [4.78, 5) is 29.2. The predicted molar refractivity (Wildman–Crippen MR) is 152 cm³/mol. The van der Waals surface area contributed by atoms with E-state index in [1.165, 1.54) is 18.2 Å². The van der Waals surface area contributed by atoms with Crippen LogP contribution in [-0.4, -0.2) is 54.6 Å². The maximum atomic E-state index is 13.4. The Balaban J connectivity index is 1.30. The lowest BCUT2D eigenvalue weighted by Crippen LogP contribution is -2.48. The number of nitrogens with one attached hydrogen (secondary N) is 2. The molecule has 0 bridgehead atoms. The van der Waals surface area contributed by atoms with Gasteiger partial charge in [0.25, 0.3) is 11.8 Å². The molecule has 1 aliphatic rings. The molecule has 1 aliphatic heterocycles. The van der Waals surface area contributed by atoms with Crippen LogP contribution in [0.25, 0.3) is 0 Å². The summed E-state index contributed by atoms with van der Waals surface area (Å²) < 4.78 is 19.0. The lowest BCUT2D eigenvalue weighted by atomic mass is 10.1. The zero-order valence-corrected chi connectivity index (χ0v) is 22.4. The van der Waals surface area contributed by atoms with Crippen molar-refractivity contribution in [3.05, 3.63) is 88.7 Å². The van der Waals surface area contributed by atoms with E-state index in [9.17, 15) is 14.0 Å². The van der Waals surface area contributed by atoms with E-state index >= 15 is 0 Å². The summed E-state index contributed by atoms with van der Waals surface area (Å²) in [5, 5.41) is 6.03. The summed E-state index contributed by atoms with van der Waals surface area (Å²) in [6.45, 7) is 5.11. The highest BCUT2D eigenvalue weighted by Gasteiger charge is 2.23. The molecule has 0 atom stereocenters. The molecular weight excluding hydrogens is 527 g/mol. The van der Waals surface area contributed by atoms with Crippen molar-refractivity contribution in [3.63, 3.8) is 0 Å². The molecule has 38 heavy (non-hydrogen) atoms.